The number of rotatable bonds is 9. The second-order valence-electron chi connectivity index (χ2n) is 9.74. The highest BCUT2D eigenvalue weighted by Crippen LogP contribution is 2.40. The zero-order valence-electron chi connectivity index (χ0n) is 23.9. The molecule has 1 unspecified atom stereocenters. The van der Waals surface area contributed by atoms with Gasteiger partial charge in [-0.25, -0.2) is 4.68 Å². The number of ether oxygens (including phenoxy) is 3. The van der Waals surface area contributed by atoms with Crippen molar-refractivity contribution < 1.29 is 19.0 Å². The topological polar surface area (TPSA) is 99.5 Å². The molecule has 0 radical (unpaired) electrons. The number of fused-ring (bicyclic) bond motifs is 1. The Bertz CT molecular complexity index is 1610. The Morgan fingerprint density at radius 2 is 1.71 bits per heavy atom. The zero-order valence-corrected chi connectivity index (χ0v) is 24.8. The molecule has 0 spiro atoms. The molecule has 1 aliphatic rings. The minimum absolute atomic E-state index is 0.259. The van der Waals surface area contributed by atoms with Gasteiger partial charge in [0, 0.05) is 17.1 Å². The van der Waals surface area contributed by atoms with Crippen molar-refractivity contribution in [3.8, 4) is 17.2 Å². The Hall–Kier alpha value is -4.44. The first kappa shape index (κ1) is 28.1. The first-order valence-electron chi connectivity index (χ1n) is 13.1. The van der Waals surface area contributed by atoms with E-state index >= 15 is 0 Å². The zero-order chi connectivity index (χ0) is 29.1. The monoisotopic (exact) mass is 571 g/mol. The van der Waals surface area contributed by atoms with E-state index in [2.05, 4.69) is 42.7 Å². The lowest BCUT2D eigenvalue weighted by Crippen LogP contribution is -2.31. The largest absolute Gasteiger partial charge is 0.497 e. The van der Waals surface area contributed by atoms with Crippen LogP contribution < -0.4 is 24.8 Å². The summed E-state index contributed by atoms with van der Waals surface area (Å²) in [6.45, 7) is 6.08. The maximum Gasteiger partial charge on any atom is 0.255 e. The number of carbonyl (C=O) groups is 1. The van der Waals surface area contributed by atoms with Gasteiger partial charge in [0.2, 0.25) is 11.1 Å². The summed E-state index contributed by atoms with van der Waals surface area (Å²) >= 11 is 1.56. The van der Waals surface area contributed by atoms with E-state index in [-0.39, 0.29) is 5.91 Å². The van der Waals surface area contributed by atoms with Crippen LogP contribution in [0.5, 0.6) is 17.2 Å². The van der Waals surface area contributed by atoms with Crippen molar-refractivity contribution >= 4 is 29.3 Å². The van der Waals surface area contributed by atoms with Crippen molar-refractivity contribution in [3.05, 3.63) is 94.2 Å². The van der Waals surface area contributed by atoms with Crippen LogP contribution in [0.2, 0.25) is 0 Å². The van der Waals surface area contributed by atoms with Crippen LogP contribution in [0.4, 0.5) is 11.6 Å². The third kappa shape index (κ3) is 5.88. The molecule has 9 nitrogen and oxygen atoms in total. The van der Waals surface area contributed by atoms with Crippen molar-refractivity contribution in [2.45, 2.75) is 37.7 Å². The number of methoxy groups -OCH3 is 3. The van der Waals surface area contributed by atoms with E-state index in [0.29, 0.717) is 45.3 Å². The van der Waals surface area contributed by atoms with Crippen molar-refractivity contribution in [1.29, 1.82) is 0 Å². The third-order valence-corrected chi connectivity index (χ3v) is 7.89. The van der Waals surface area contributed by atoms with E-state index in [1.807, 2.05) is 25.1 Å². The summed E-state index contributed by atoms with van der Waals surface area (Å²) in [6, 6.07) is 18.7. The second kappa shape index (κ2) is 12.0. The number of benzene rings is 3. The molecule has 3 aromatic carbocycles. The lowest BCUT2D eigenvalue weighted by Gasteiger charge is -2.29. The van der Waals surface area contributed by atoms with Crippen LogP contribution in [0, 0.1) is 13.8 Å². The van der Waals surface area contributed by atoms with E-state index in [4.69, 9.17) is 24.3 Å². The van der Waals surface area contributed by atoms with Crippen LogP contribution >= 0.6 is 11.8 Å². The molecule has 0 aliphatic carbocycles. The lowest BCUT2D eigenvalue weighted by molar-refractivity contribution is -0.113. The molecular formula is C31H33N5O4S. The summed E-state index contributed by atoms with van der Waals surface area (Å²) in [5.41, 5.74) is 6.34. The number of aryl methyl sites for hydroxylation is 2. The van der Waals surface area contributed by atoms with E-state index in [1.54, 1.807) is 62.0 Å². The van der Waals surface area contributed by atoms with Gasteiger partial charge in [0.1, 0.15) is 11.8 Å². The molecule has 2 heterocycles. The molecule has 2 N–H and O–H groups in total. The van der Waals surface area contributed by atoms with Crippen LogP contribution in [-0.2, 0) is 10.5 Å². The van der Waals surface area contributed by atoms with Gasteiger partial charge in [0.15, 0.2) is 11.5 Å². The number of allylic oxidation sites excluding steroid dienone is 1. The van der Waals surface area contributed by atoms with Crippen LogP contribution in [0.3, 0.4) is 0 Å². The van der Waals surface area contributed by atoms with Gasteiger partial charge in [-0.2, -0.15) is 4.98 Å². The highest BCUT2D eigenvalue weighted by Gasteiger charge is 2.35. The first-order chi connectivity index (χ1) is 19.8. The summed E-state index contributed by atoms with van der Waals surface area (Å²) in [6.07, 6.45) is 0. The molecule has 0 bridgehead atoms. The summed E-state index contributed by atoms with van der Waals surface area (Å²) in [5, 5.41) is 11.8. The molecule has 1 atom stereocenters. The molecule has 0 saturated carbocycles. The predicted molar refractivity (Wildman–Crippen MR) is 161 cm³/mol. The molecule has 5 rings (SSSR count). The van der Waals surface area contributed by atoms with Gasteiger partial charge in [-0.3, -0.25) is 4.79 Å². The Labute approximate surface area is 243 Å². The van der Waals surface area contributed by atoms with Crippen molar-refractivity contribution in [2.24, 2.45) is 0 Å². The van der Waals surface area contributed by atoms with Gasteiger partial charge in [0.05, 0.1) is 26.9 Å². The maximum absolute atomic E-state index is 13.8. The molecule has 0 fully saturated rings. The molecule has 4 aromatic rings. The average Bonchev–Trinajstić information content (AvgIpc) is 3.38. The molecule has 1 amide bonds. The quantitative estimate of drug-likeness (QED) is 0.231. The SMILES string of the molecule is COc1ccc(NC(=O)C2=C(C)Nc3nc(SCc4ccc(C)cc4C)nn3C2c2ccc(OC)c(OC)c2)cc1. The summed E-state index contributed by atoms with van der Waals surface area (Å²) in [5.74, 6) is 2.89. The molecule has 212 valence electrons. The summed E-state index contributed by atoms with van der Waals surface area (Å²) < 4.78 is 18.1. The normalized spacial score (nSPS) is 14.2. The number of nitrogens with zero attached hydrogens (tertiary/aromatic N) is 3. The van der Waals surface area contributed by atoms with E-state index in [9.17, 15) is 4.79 Å². The molecule has 41 heavy (non-hydrogen) atoms. The smallest absolute Gasteiger partial charge is 0.255 e. The molecule has 0 saturated heterocycles. The van der Waals surface area contributed by atoms with E-state index in [1.165, 1.54) is 16.7 Å². The number of aromatic nitrogens is 3. The number of nitrogens with one attached hydrogen (secondary N) is 2. The van der Waals surface area contributed by atoms with Gasteiger partial charge < -0.3 is 24.8 Å². The Morgan fingerprint density at radius 1 is 0.951 bits per heavy atom. The van der Waals surface area contributed by atoms with E-state index < -0.39 is 6.04 Å². The fraction of sp³-hybridized carbons (Fsp3) is 0.258. The van der Waals surface area contributed by atoms with Gasteiger partial charge in [0.25, 0.3) is 5.91 Å². The fourth-order valence-electron chi connectivity index (χ4n) is 4.84. The second-order valence-corrected chi connectivity index (χ2v) is 10.7. The van der Waals surface area contributed by atoms with E-state index in [0.717, 1.165) is 11.3 Å². The molecular weight excluding hydrogens is 538 g/mol. The summed E-state index contributed by atoms with van der Waals surface area (Å²) in [4.78, 5) is 18.6. The lowest BCUT2D eigenvalue weighted by atomic mass is 9.94. The minimum Gasteiger partial charge on any atom is -0.497 e. The predicted octanol–water partition coefficient (Wildman–Crippen LogP) is 6.14. The highest BCUT2D eigenvalue weighted by molar-refractivity contribution is 7.98. The van der Waals surface area contributed by atoms with Crippen molar-refractivity contribution in [1.82, 2.24) is 14.8 Å². The number of carbonyl (C=O) groups excluding carboxylic acids is 1. The van der Waals surface area contributed by atoms with Gasteiger partial charge in [-0.15, -0.1) is 5.10 Å². The third-order valence-electron chi connectivity index (χ3n) is 7.00. The fourth-order valence-corrected chi connectivity index (χ4v) is 5.75. The molecule has 10 heteroatoms. The number of hydrogen-bond donors (Lipinski definition) is 2. The Balaban J connectivity index is 1.51. The van der Waals surface area contributed by atoms with Gasteiger partial charge in [-0.05, 0) is 73.9 Å². The standard InChI is InChI=1S/C31H33N5O4S/c1-18-7-8-22(19(2)15-18)17-41-31-34-30-32-20(3)27(29(37)33-23-10-12-24(38-4)13-11-23)28(36(30)35-31)21-9-14-25(39-5)26(16-21)40-6/h7-16,28H,17H2,1-6H3,(H,33,37)(H,32,34,35). The minimum atomic E-state index is -0.563. The number of thioether (sulfide) groups is 1. The summed E-state index contributed by atoms with van der Waals surface area (Å²) in [7, 11) is 4.78. The van der Waals surface area contributed by atoms with Gasteiger partial charge >= 0.3 is 0 Å². The molecule has 1 aromatic heterocycles. The van der Waals surface area contributed by atoms with Crippen molar-refractivity contribution in [2.75, 3.05) is 32.0 Å². The van der Waals surface area contributed by atoms with Crippen LogP contribution in [-0.4, -0.2) is 42.0 Å². The maximum atomic E-state index is 13.8. The van der Waals surface area contributed by atoms with Crippen LogP contribution in [0.15, 0.2) is 77.1 Å². The Morgan fingerprint density at radius 3 is 2.39 bits per heavy atom. The highest BCUT2D eigenvalue weighted by atomic mass is 32.2. The Kier molecular flexibility index (Phi) is 8.21. The number of hydrogen-bond acceptors (Lipinski definition) is 8. The number of anilines is 2. The van der Waals surface area contributed by atoms with Crippen LogP contribution in [0.1, 0.15) is 35.2 Å². The molecule has 1 aliphatic heterocycles. The first-order valence-corrected chi connectivity index (χ1v) is 14.1. The average molecular weight is 572 g/mol. The van der Waals surface area contributed by atoms with Crippen LogP contribution in [0.25, 0.3) is 0 Å². The number of amides is 1. The van der Waals surface area contributed by atoms with Crippen molar-refractivity contribution in [3.63, 3.8) is 0 Å². The van der Waals surface area contributed by atoms with Gasteiger partial charge in [-0.1, -0.05) is 41.6 Å².